The van der Waals surface area contributed by atoms with Crippen molar-refractivity contribution < 1.29 is 57.4 Å². The minimum atomic E-state index is -4.85. The molecular weight excluding hydrogens is 601 g/mol. The molecule has 2 heterocycles. The number of ether oxygens (including phenoxy) is 1. The van der Waals surface area contributed by atoms with Gasteiger partial charge in [0, 0.05) is 38.7 Å². The van der Waals surface area contributed by atoms with Crippen molar-refractivity contribution in [3.63, 3.8) is 0 Å². The number of rotatable bonds is 4. The molecule has 0 spiro atoms. The zero-order valence-corrected chi connectivity index (χ0v) is 22.5. The fraction of sp³-hybridized carbons (Fsp3) is 0.250. The number of carbonyl (C=O) groups excluding carboxylic acids is 2. The van der Waals surface area contributed by atoms with Crippen LogP contribution < -0.4 is 15.4 Å². The third-order valence-corrected chi connectivity index (χ3v) is 6.89. The van der Waals surface area contributed by atoms with E-state index in [0.717, 1.165) is 44.6 Å². The van der Waals surface area contributed by atoms with Crippen molar-refractivity contribution in [2.75, 3.05) is 17.7 Å². The van der Waals surface area contributed by atoms with Gasteiger partial charge in [-0.25, -0.2) is 0 Å². The molecule has 14 heteroatoms. The first kappa shape index (κ1) is 31.7. The van der Waals surface area contributed by atoms with Crippen LogP contribution >= 0.6 is 23.5 Å². The Balaban J connectivity index is 0.000000260. The van der Waals surface area contributed by atoms with Gasteiger partial charge in [-0.15, -0.1) is 0 Å². The molecule has 2 aliphatic heterocycles. The first-order chi connectivity index (χ1) is 17.2. The van der Waals surface area contributed by atoms with Crippen molar-refractivity contribution in [2.24, 2.45) is 0 Å². The standard InChI is InChI=1S/C13H12F3NOS.C11H8F3NO2S.Co/c1-7(2)8-3-4-9-10(5-8)19-12(17-9)6-11(18)13(14,15)16;1-17-6-2-3-7-8(4-6)18-10(15-7)5-9(16)11(12,13)14;/h3-7,17H,1-2H3;2-5,15H,1H3;. The molecule has 0 aliphatic carbocycles. The van der Waals surface area contributed by atoms with Gasteiger partial charge in [0.2, 0.25) is 0 Å². The second kappa shape index (κ2) is 12.5. The summed E-state index contributed by atoms with van der Waals surface area (Å²) >= 11 is 2.20. The molecule has 1 radical (unpaired) electrons. The fourth-order valence-electron chi connectivity index (χ4n) is 2.99. The molecule has 0 fully saturated rings. The van der Waals surface area contributed by atoms with Crippen LogP contribution in [0.2, 0.25) is 0 Å². The molecule has 0 amide bonds. The Labute approximate surface area is 233 Å². The largest absolute Gasteiger partial charge is 0.497 e. The number of allylic oxidation sites excluding steroid dienone is 2. The molecule has 0 saturated carbocycles. The van der Waals surface area contributed by atoms with Crippen molar-refractivity contribution in [1.29, 1.82) is 0 Å². The number of carbonyl (C=O) groups is 2. The molecule has 0 unspecified atom stereocenters. The summed E-state index contributed by atoms with van der Waals surface area (Å²) in [7, 11) is 1.50. The van der Waals surface area contributed by atoms with Crippen LogP contribution in [0.4, 0.5) is 37.7 Å². The Hall–Kier alpha value is -2.55. The predicted molar refractivity (Wildman–Crippen MR) is 131 cm³/mol. The van der Waals surface area contributed by atoms with Crippen LogP contribution in [0.15, 0.2) is 68.4 Å². The number of nitrogens with one attached hydrogen (secondary N) is 2. The van der Waals surface area contributed by atoms with Gasteiger partial charge in [0.25, 0.3) is 11.6 Å². The summed E-state index contributed by atoms with van der Waals surface area (Å²) in [6, 6.07) is 10.7. The van der Waals surface area contributed by atoms with E-state index in [1.54, 1.807) is 18.2 Å². The number of hydrogen-bond donors (Lipinski definition) is 2. The topological polar surface area (TPSA) is 67.4 Å². The van der Waals surface area contributed by atoms with Crippen LogP contribution in [0.25, 0.3) is 0 Å². The van der Waals surface area contributed by atoms with Gasteiger partial charge in [-0.05, 0) is 41.8 Å². The molecule has 4 rings (SSSR count). The third kappa shape index (κ3) is 8.22. The van der Waals surface area contributed by atoms with Crippen LogP contribution in [0, 0.1) is 0 Å². The van der Waals surface area contributed by atoms with Crippen molar-refractivity contribution >= 4 is 46.5 Å². The number of hydrogen-bond acceptors (Lipinski definition) is 7. The maximum atomic E-state index is 12.2. The van der Waals surface area contributed by atoms with Crippen LogP contribution in [-0.2, 0) is 26.4 Å². The number of thioether (sulfide) groups is 2. The molecule has 0 saturated heterocycles. The average Bonchev–Trinajstić information content (AvgIpc) is 3.39. The van der Waals surface area contributed by atoms with Crippen molar-refractivity contribution in [3.05, 3.63) is 64.2 Å². The second-order valence-corrected chi connectivity index (χ2v) is 10.1. The number of anilines is 2. The monoisotopic (exact) mass is 621 g/mol. The second-order valence-electron chi connectivity index (χ2n) is 7.97. The van der Waals surface area contributed by atoms with E-state index in [2.05, 4.69) is 10.6 Å². The summed E-state index contributed by atoms with van der Waals surface area (Å²) in [5.41, 5.74) is 2.49. The zero-order valence-electron chi connectivity index (χ0n) is 19.8. The van der Waals surface area contributed by atoms with Crippen LogP contribution in [0.3, 0.4) is 0 Å². The first-order valence-electron chi connectivity index (χ1n) is 10.5. The molecule has 0 aromatic heterocycles. The Morgan fingerprint density at radius 2 is 1.26 bits per heavy atom. The quantitative estimate of drug-likeness (QED) is 0.271. The van der Waals surface area contributed by atoms with Crippen molar-refractivity contribution in [2.45, 2.75) is 41.9 Å². The number of ketones is 2. The molecule has 2 aliphatic rings. The average molecular weight is 621 g/mol. The maximum absolute atomic E-state index is 12.2. The fourth-order valence-corrected chi connectivity index (χ4v) is 4.95. The number of alkyl halides is 6. The smallest absolute Gasteiger partial charge is 0.454 e. The molecule has 0 bridgehead atoms. The van der Waals surface area contributed by atoms with Gasteiger partial charge in [0.05, 0.1) is 28.5 Å². The maximum Gasteiger partial charge on any atom is 0.454 e. The molecule has 0 atom stereocenters. The third-order valence-electron chi connectivity index (χ3n) is 4.90. The van der Waals surface area contributed by atoms with E-state index in [1.165, 1.54) is 7.11 Å². The van der Waals surface area contributed by atoms with Gasteiger partial charge in [0.15, 0.2) is 0 Å². The van der Waals surface area contributed by atoms with Gasteiger partial charge in [-0.3, -0.25) is 9.59 Å². The molecule has 2 aromatic carbocycles. The number of benzene rings is 2. The van der Waals surface area contributed by atoms with Gasteiger partial charge < -0.3 is 15.4 Å². The van der Waals surface area contributed by atoms with Crippen LogP contribution in [0.1, 0.15) is 25.3 Å². The summed E-state index contributed by atoms with van der Waals surface area (Å²) in [5, 5.41) is 5.90. The van der Waals surface area contributed by atoms with E-state index in [0.29, 0.717) is 29.5 Å². The summed E-state index contributed by atoms with van der Waals surface area (Å²) in [4.78, 5) is 23.3. The zero-order chi connectivity index (χ0) is 27.5. The van der Waals surface area contributed by atoms with E-state index in [-0.39, 0.29) is 26.8 Å². The molecule has 2 N–H and O–H groups in total. The Morgan fingerprint density at radius 1 is 0.816 bits per heavy atom. The Bertz CT molecular complexity index is 1280. The van der Waals surface area contributed by atoms with Gasteiger partial charge in [-0.2, -0.15) is 26.3 Å². The molecule has 5 nitrogen and oxygen atoms in total. The van der Waals surface area contributed by atoms with E-state index in [9.17, 15) is 35.9 Å². The predicted octanol–water partition coefficient (Wildman–Crippen LogP) is 7.48. The van der Waals surface area contributed by atoms with E-state index >= 15 is 0 Å². The number of halogens is 6. The van der Waals surface area contributed by atoms with E-state index < -0.39 is 23.9 Å². The molecule has 38 heavy (non-hydrogen) atoms. The SMILES string of the molecule is CC(C)c1ccc2c(c1)SC(=CC(=O)C(F)(F)F)N2.COc1ccc2c(c1)SC(=CC(=O)C(F)(F)F)N2.[Co]. The Kier molecular flexibility index (Phi) is 10.4. The summed E-state index contributed by atoms with van der Waals surface area (Å²) in [6.07, 6.45) is -8.52. The summed E-state index contributed by atoms with van der Waals surface area (Å²) in [6.45, 7) is 4.08. The molecule has 207 valence electrons. The molecule has 2 aromatic rings. The van der Waals surface area contributed by atoms with Crippen molar-refractivity contribution in [1.82, 2.24) is 0 Å². The minimum absolute atomic E-state index is 0. The Morgan fingerprint density at radius 3 is 1.68 bits per heavy atom. The molecular formula is C24H20CoF6N2O3S2. The minimum Gasteiger partial charge on any atom is -0.497 e. The van der Waals surface area contributed by atoms with Gasteiger partial charge in [0.1, 0.15) is 5.75 Å². The van der Waals surface area contributed by atoms with Crippen LogP contribution in [-0.4, -0.2) is 31.0 Å². The first-order valence-corrected chi connectivity index (χ1v) is 12.2. The van der Waals surface area contributed by atoms with Gasteiger partial charge >= 0.3 is 12.4 Å². The number of methoxy groups -OCH3 is 1. The summed E-state index contributed by atoms with van der Waals surface area (Å²) in [5.74, 6) is -2.78. The van der Waals surface area contributed by atoms with E-state index in [1.807, 2.05) is 32.0 Å². The van der Waals surface area contributed by atoms with Gasteiger partial charge in [-0.1, -0.05) is 43.4 Å². The van der Waals surface area contributed by atoms with E-state index in [4.69, 9.17) is 4.74 Å². The normalized spacial score (nSPS) is 16.1. The number of fused-ring (bicyclic) bond motifs is 2. The van der Waals surface area contributed by atoms with Crippen LogP contribution in [0.5, 0.6) is 5.75 Å². The van der Waals surface area contributed by atoms with Crippen molar-refractivity contribution in [3.8, 4) is 5.75 Å². The summed E-state index contributed by atoms with van der Waals surface area (Å²) < 4.78 is 77.8.